The highest BCUT2D eigenvalue weighted by atomic mass is 16.1. The van der Waals surface area contributed by atoms with Crippen molar-refractivity contribution in [1.29, 1.82) is 5.26 Å². The highest BCUT2D eigenvalue weighted by Crippen LogP contribution is 2.16. The Morgan fingerprint density at radius 3 is 2.80 bits per heavy atom. The molecular weight excluding hydrogens is 254 g/mol. The van der Waals surface area contributed by atoms with Crippen LogP contribution in [0, 0.1) is 11.3 Å². The standard InChI is InChI=1S/C14H9N5O/c15-8-10-3-1-2-4-11(10)16-14(20)9-5-6-12-13(7-9)18-19-17-12/h1-7H,(H,16,20)(H,17,18,19). The second kappa shape index (κ2) is 4.82. The molecule has 0 aliphatic rings. The third-order valence-corrected chi connectivity index (χ3v) is 2.87. The summed E-state index contributed by atoms with van der Waals surface area (Å²) in [6.07, 6.45) is 0. The van der Waals surface area contributed by atoms with E-state index in [0.717, 1.165) is 0 Å². The monoisotopic (exact) mass is 263 g/mol. The molecule has 3 aromatic rings. The fourth-order valence-corrected chi connectivity index (χ4v) is 1.87. The number of aromatic amines is 1. The van der Waals surface area contributed by atoms with Crippen molar-refractivity contribution >= 4 is 22.6 Å². The normalized spacial score (nSPS) is 10.2. The molecule has 3 rings (SSSR count). The van der Waals surface area contributed by atoms with Crippen molar-refractivity contribution in [2.75, 3.05) is 5.32 Å². The number of nitrogens with zero attached hydrogens (tertiary/aromatic N) is 3. The largest absolute Gasteiger partial charge is 0.321 e. The minimum absolute atomic E-state index is 0.294. The first kappa shape index (κ1) is 11.9. The molecule has 20 heavy (non-hydrogen) atoms. The highest BCUT2D eigenvalue weighted by molar-refractivity contribution is 6.06. The van der Waals surface area contributed by atoms with Gasteiger partial charge in [-0.15, -0.1) is 0 Å². The van der Waals surface area contributed by atoms with Crippen molar-refractivity contribution in [1.82, 2.24) is 15.4 Å². The predicted molar refractivity (Wildman–Crippen MR) is 73.0 cm³/mol. The van der Waals surface area contributed by atoms with Crippen molar-refractivity contribution in [3.8, 4) is 6.07 Å². The lowest BCUT2D eigenvalue weighted by molar-refractivity contribution is 0.102. The molecule has 96 valence electrons. The summed E-state index contributed by atoms with van der Waals surface area (Å²) in [5, 5.41) is 22.1. The number of nitrogens with one attached hydrogen (secondary N) is 2. The molecule has 1 heterocycles. The van der Waals surface area contributed by atoms with E-state index < -0.39 is 0 Å². The number of carbonyl (C=O) groups is 1. The molecule has 0 aliphatic heterocycles. The molecule has 0 saturated heterocycles. The second-order valence-electron chi connectivity index (χ2n) is 4.14. The van der Waals surface area contributed by atoms with Gasteiger partial charge in [0.1, 0.15) is 17.1 Å². The van der Waals surface area contributed by atoms with E-state index in [4.69, 9.17) is 5.26 Å². The molecule has 1 aromatic heterocycles. The van der Waals surface area contributed by atoms with Gasteiger partial charge in [-0.2, -0.15) is 20.7 Å². The summed E-state index contributed by atoms with van der Waals surface area (Å²) in [6, 6.07) is 13.9. The molecule has 6 nitrogen and oxygen atoms in total. The minimum Gasteiger partial charge on any atom is -0.321 e. The Kier molecular flexibility index (Phi) is 2.86. The van der Waals surface area contributed by atoms with Gasteiger partial charge in [-0.25, -0.2) is 0 Å². The van der Waals surface area contributed by atoms with Gasteiger partial charge in [-0.1, -0.05) is 12.1 Å². The van der Waals surface area contributed by atoms with Crippen LogP contribution in [0.15, 0.2) is 42.5 Å². The molecule has 6 heteroatoms. The molecule has 1 amide bonds. The third-order valence-electron chi connectivity index (χ3n) is 2.87. The van der Waals surface area contributed by atoms with E-state index in [1.54, 1.807) is 42.5 Å². The Morgan fingerprint density at radius 2 is 1.95 bits per heavy atom. The van der Waals surface area contributed by atoms with Crippen molar-refractivity contribution < 1.29 is 4.79 Å². The fourth-order valence-electron chi connectivity index (χ4n) is 1.87. The van der Waals surface area contributed by atoms with Gasteiger partial charge in [0.2, 0.25) is 0 Å². The molecule has 0 atom stereocenters. The van der Waals surface area contributed by atoms with Gasteiger partial charge in [0.05, 0.1) is 11.3 Å². The maximum atomic E-state index is 12.2. The molecule has 0 aliphatic carbocycles. The lowest BCUT2D eigenvalue weighted by Gasteiger charge is -2.06. The fraction of sp³-hybridized carbons (Fsp3) is 0. The second-order valence-corrected chi connectivity index (χ2v) is 4.14. The molecule has 0 unspecified atom stereocenters. The Labute approximate surface area is 114 Å². The molecule has 0 radical (unpaired) electrons. The van der Waals surface area contributed by atoms with Crippen molar-refractivity contribution in [2.24, 2.45) is 0 Å². The van der Waals surface area contributed by atoms with E-state index >= 15 is 0 Å². The smallest absolute Gasteiger partial charge is 0.255 e. The van der Waals surface area contributed by atoms with Crippen LogP contribution in [0.3, 0.4) is 0 Å². The van der Waals surface area contributed by atoms with Crippen molar-refractivity contribution in [2.45, 2.75) is 0 Å². The van der Waals surface area contributed by atoms with Crippen LogP contribution in [0.2, 0.25) is 0 Å². The lowest BCUT2D eigenvalue weighted by atomic mass is 10.1. The van der Waals surface area contributed by atoms with E-state index in [1.165, 1.54) is 0 Å². The first-order valence-corrected chi connectivity index (χ1v) is 5.89. The molecule has 0 spiro atoms. The molecule has 2 N–H and O–H groups in total. The summed E-state index contributed by atoms with van der Waals surface area (Å²) in [7, 11) is 0. The number of H-pyrrole nitrogens is 1. The van der Waals surface area contributed by atoms with Crippen LogP contribution in [0.5, 0.6) is 0 Å². The van der Waals surface area contributed by atoms with Crippen LogP contribution in [-0.4, -0.2) is 21.3 Å². The van der Waals surface area contributed by atoms with Crippen LogP contribution < -0.4 is 5.32 Å². The third kappa shape index (κ3) is 2.08. The SMILES string of the molecule is N#Cc1ccccc1NC(=O)c1ccc2n[nH]nc2c1. The first-order chi connectivity index (χ1) is 9.78. The van der Waals surface area contributed by atoms with Gasteiger partial charge >= 0.3 is 0 Å². The Balaban J connectivity index is 1.91. The van der Waals surface area contributed by atoms with E-state index in [2.05, 4.69) is 20.7 Å². The van der Waals surface area contributed by atoms with Crippen LogP contribution in [0.25, 0.3) is 11.0 Å². The molecule has 0 saturated carbocycles. The Hall–Kier alpha value is -3.20. The van der Waals surface area contributed by atoms with Gasteiger partial charge in [-0.3, -0.25) is 4.79 Å². The number of carbonyl (C=O) groups excluding carboxylic acids is 1. The van der Waals surface area contributed by atoms with Gasteiger partial charge in [-0.05, 0) is 30.3 Å². The predicted octanol–water partition coefficient (Wildman–Crippen LogP) is 2.08. The zero-order chi connectivity index (χ0) is 13.9. The number of fused-ring (bicyclic) bond motifs is 1. The van der Waals surface area contributed by atoms with E-state index in [1.807, 2.05) is 6.07 Å². The lowest BCUT2D eigenvalue weighted by Crippen LogP contribution is -2.12. The van der Waals surface area contributed by atoms with Gasteiger partial charge < -0.3 is 5.32 Å². The number of rotatable bonds is 2. The highest BCUT2D eigenvalue weighted by Gasteiger charge is 2.10. The van der Waals surface area contributed by atoms with E-state index in [-0.39, 0.29) is 5.91 Å². The molecular formula is C14H9N5O. The van der Waals surface area contributed by atoms with Crippen LogP contribution in [-0.2, 0) is 0 Å². The molecule has 0 bridgehead atoms. The number of nitriles is 1. The minimum atomic E-state index is -0.294. The number of benzene rings is 2. The van der Waals surface area contributed by atoms with Crippen molar-refractivity contribution in [3.63, 3.8) is 0 Å². The number of amides is 1. The Bertz CT molecular complexity index is 831. The average molecular weight is 263 g/mol. The van der Waals surface area contributed by atoms with Crippen molar-refractivity contribution in [3.05, 3.63) is 53.6 Å². The molecule has 0 fully saturated rings. The van der Waals surface area contributed by atoms with E-state index in [0.29, 0.717) is 27.8 Å². The van der Waals surface area contributed by atoms with Gasteiger partial charge in [0, 0.05) is 5.56 Å². The number of aromatic nitrogens is 3. The topological polar surface area (TPSA) is 94.5 Å². The number of hydrogen-bond acceptors (Lipinski definition) is 4. The number of anilines is 1. The van der Waals surface area contributed by atoms with Gasteiger partial charge in [0.25, 0.3) is 5.91 Å². The summed E-state index contributed by atoms with van der Waals surface area (Å²) in [5.74, 6) is -0.294. The van der Waals surface area contributed by atoms with Crippen LogP contribution in [0.4, 0.5) is 5.69 Å². The summed E-state index contributed by atoms with van der Waals surface area (Å²) >= 11 is 0. The maximum Gasteiger partial charge on any atom is 0.255 e. The summed E-state index contributed by atoms with van der Waals surface area (Å²) < 4.78 is 0. The van der Waals surface area contributed by atoms with Gasteiger partial charge in [0.15, 0.2) is 0 Å². The number of para-hydroxylation sites is 1. The summed E-state index contributed by atoms with van der Waals surface area (Å²) in [6.45, 7) is 0. The summed E-state index contributed by atoms with van der Waals surface area (Å²) in [4.78, 5) is 12.2. The average Bonchev–Trinajstić information content (AvgIpc) is 2.95. The maximum absolute atomic E-state index is 12.2. The first-order valence-electron chi connectivity index (χ1n) is 5.89. The molecule has 2 aromatic carbocycles. The van der Waals surface area contributed by atoms with Crippen LogP contribution >= 0.6 is 0 Å². The van der Waals surface area contributed by atoms with Crippen LogP contribution in [0.1, 0.15) is 15.9 Å². The van der Waals surface area contributed by atoms with E-state index in [9.17, 15) is 4.79 Å². The zero-order valence-electron chi connectivity index (χ0n) is 10.3. The quantitative estimate of drug-likeness (QED) is 0.740. The Morgan fingerprint density at radius 1 is 1.15 bits per heavy atom. The zero-order valence-corrected chi connectivity index (χ0v) is 10.3. The summed E-state index contributed by atoms with van der Waals surface area (Å²) in [5.41, 5.74) is 2.67. The number of hydrogen-bond donors (Lipinski definition) is 2.